The van der Waals surface area contributed by atoms with E-state index < -0.39 is 0 Å². The molecule has 0 aliphatic heterocycles. The minimum absolute atomic E-state index is 0.0626. The number of rotatable bonds is 3. The molecule has 0 fully saturated rings. The molecule has 1 aromatic heterocycles. The van der Waals surface area contributed by atoms with Crippen molar-refractivity contribution in [3.05, 3.63) is 18.0 Å². The van der Waals surface area contributed by atoms with E-state index in [1.54, 1.807) is 23.9 Å². The van der Waals surface area contributed by atoms with Gasteiger partial charge in [-0.25, -0.2) is 0 Å². The molecule has 0 saturated carbocycles. The van der Waals surface area contributed by atoms with Crippen LogP contribution in [0.5, 0.6) is 0 Å². The van der Waals surface area contributed by atoms with Crippen LogP contribution in [0.3, 0.4) is 0 Å². The number of Topliss-reactive ketones (excluding diaryl/α,β-unsaturated/α-hetero) is 1. The predicted molar refractivity (Wildman–Crippen MR) is 62.8 cm³/mol. The quantitative estimate of drug-likeness (QED) is 0.788. The van der Waals surface area contributed by atoms with Gasteiger partial charge in [0.1, 0.15) is 12.1 Å². The second-order valence-electron chi connectivity index (χ2n) is 3.59. The van der Waals surface area contributed by atoms with Crippen molar-refractivity contribution in [3.63, 3.8) is 0 Å². The van der Waals surface area contributed by atoms with Crippen LogP contribution >= 0.6 is 0 Å². The van der Waals surface area contributed by atoms with Crippen molar-refractivity contribution in [2.24, 2.45) is 5.92 Å². The van der Waals surface area contributed by atoms with Gasteiger partial charge in [0.2, 0.25) is 0 Å². The Morgan fingerprint density at radius 2 is 2.06 bits per heavy atom. The van der Waals surface area contributed by atoms with Gasteiger partial charge in [0.25, 0.3) is 0 Å². The van der Waals surface area contributed by atoms with Crippen molar-refractivity contribution in [1.29, 1.82) is 5.26 Å². The number of ketones is 1. The third-order valence-corrected chi connectivity index (χ3v) is 2.06. The Labute approximate surface area is 96.9 Å². The number of carbonyl (C=O) groups excluding carboxylic acids is 1. The normalized spacial score (nSPS) is 11.3. The first-order chi connectivity index (χ1) is 7.56. The van der Waals surface area contributed by atoms with Gasteiger partial charge in [0, 0.05) is 6.20 Å². The van der Waals surface area contributed by atoms with Gasteiger partial charge in [-0.15, -0.1) is 0 Å². The van der Waals surface area contributed by atoms with E-state index in [1.165, 1.54) is 0 Å². The highest BCUT2D eigenvalue weighted by atomic mass is 16.1. The highest BCUT2D eigenvalue weighted by Crippen LogP contribution is 2.17. The van der Waals surface area contributed by atoms with E-state index >= 15 is 0 Å². The van der Waals surface area contributed by atoms with Crippen molar-refractivity contribution in [1.82, 2.24) is 9.78 Å². The molecule has 1 aromatic rings. The Balaban J connectivity index is 0.00000106. The van der Waals surface area contributed by atoms with E-state index in [4.69, 9.17) is 5.26 Å². The molecule has 1 rings (SSSR count). The second kappa shape index (κ2) is 6.78. The fourth-order valence-corrected chi connectivity index (χ4v) is 1.51. The molecule has 0 aliphatic rings. The standard InChI is InChI=1S/C10H13N3O.C2H6/c1-7(2)10(8(3)14)13-5-4-9(6-11)12-13;1-2/h4-5,7,10H,1-3H3;1-2H3. The summed E-state index contributed by atoms with van der Waals surface area (Å²) in [6.07, 6.45) is 1.67. The summed E-state index contributed by atoms with van der Waals surface area (Å²) in [5.74, 6) is 0.242. The molecule has 0 aliphatic carbocycles. The number of nitriles is 1. The lowest BCUT2D eigenvalue weighted by Gasteiger charge is -2.17. The Morgan fingerprint density at radius 3 is 2.38 bits per heavy atom. The zero-order valence-corrected chi connectivity index (χ0v) is 10.6. The molecule has 1 atom stereocenters. The SMILES string of the molecule is CC.CC(=O)C(C(C)C)n1ccc(C#N)n1. The molecule has 1 heterocycles. The maximum absolute atomic E-state index is 11.3. The Morgan fingerprint density at radius 1 is 1.50 bits per heavy atom. The zero-order chi connectivity index (χ0) is 12.7. The van der Waals surface area contributed by atoms with Crippen molar-refractivity contribution in [3.8, 4) is 6.07 Å². The largest absolute Gasteiger partial charge is 0.298 e. The first kappa shape index (κ1) is 14.4. The van der Waals surface area contributed by atoms with Crippen molar-refractivity contribution < 1.29 is 4.79 Å². The van der Waals surface area contributed by atoms with Crippen LogP contribution in [0.15, 0.2) is 12.3 Å². The van der Waals surface area contributed by atoms with Crippen LogP contribution in [-0.4, -0.2) is 15.6 Å². The van der Waals surface area contributed by atoms with Gasteiger partial charge in [-0.05, 0) is 18.9 Å². The number of carbonyl (C=O) groups is 1. The number of hydrogen-bond acceptors (Lipinski definition) is 3. The lowest BCUT2D eigenvalue weighted by molar-refractivity contribution is -0.121. The van der Waals surface area contributed by atoms with Crippen LogP contribution in [0.25, 0.3) is 0 Å². The topological polar surface area (TPSA) is 58.7 Å². The first-order valence-electron chi connectivity index (χ1n) is 5.52. The average Bonchev–Trinajstić information content (AvgIpc) is 2.68. The summed E-state index contributed by atoms with van der Waals surface area (Å²) in [6, 6.07) is 3.28. The Kier molecular flexibility index (Phi) is 6.09. The fraction of sp³-hybridized carbons (Fsp3) is 0.583. The van der Waals surface area contributed by atoms with E-state index in [-0.39, 0.29) is 17.7 Å². The molecule has 88 valence electrons. The third kappa shape index (κ3) is 3.50. The number of nitrogens with zero attached hydrogens (tertiary/aromatic N) is 3. The minimum atomic E-state index is -0.267. The molecule has 1 unspecified atom stereocenters. The first-order valence-corrected chi connectivity index (χ1v) is 5.52. The van der Waals surface area contributed by atoms with Gasteiger partial charge >= 0.3 is 0 Å². The highest BCUT2D eigenvalue weighted by Gasteiger charge is 2.21. The fourth-order valence-electron chi connectivity index (χ4n) is 1.51. The smallest absolute Gasteiger partial charge is 0.162 e. The molecule has 0 spiro atoms. The number of aromatic nitrogens is 2. The molecule has 0 amide bonds. The van der Waals surface area contributed by atoms with E-state index in [0.717, 1.165) is 0 Å². The Bertz CT molecular complexity index is 374. The summed E-state index contributed by atoms with van der Waals surface area (Å²) in [4.78, 5) is 11.3. The van der Waals surface area contributed by atoms with Gasteiger partial charge in [0.05, 0.1) is 0 Å². The molecule has 4 nitrogen and oxygen atoms in total. The number of hydrogen-bond donors (Lipinski definition) is 0. The summed E-state index contributed by atoms with van der Waals surface area (Å²) in [5, 5.41) is 12.6. The lowest BCUT2D eigenvalue weighted by atomic mass is 10.0. The molecule has 0 radical (unpaired) electrons. The second-order valence-corrected chi connectivity index (χ2v) is 3.59. The summed E-state index contributed by atoms with van der Waals surface area (Å²) < 4.78 is 1.56. The minimum Gasteiger partial charge on any atom is -0.298 e. The molecule has 0 bridgehead atoms. The van der Waals surface area contributed by atoms with Gasteiger partial charge < -0.3 is 0 Å². The van der Waals surface area contributed by atoms with E-state index in [1.807, 2.05) is 33.8 Å². The van der Waals surface area contributed by atoms with Crippen LogP contribution in [0.1, 0.15) is 46.4 Å². The monoisotopic (exact) mass is 221 g/mol. The summed E-state index contributed by atoms with van der Waals surface area (Å²) in [7, 11) is 0. The van der Waals surface area contributed by atoms with Crippen molar-refractivity contribution in [2.75, 3.05) is 0 Å². The molecule has 16 heavy (non-hydrogen) atoms. The van der Waals surface area contributed by atoms with Crippen LogP contribution < -0.4 is 0 Å². The molecular weight excluding hydrogens is 202 g/mol. The third-order valence-electron chi connectivity index (χ3n) is 2.06. The van der Waals surface area contributed by atoms with Crippen LogP contribution in [-0.2, 0) is 4.79 Å². The van der Waals surface area contributed by atoms with Crippen LogP contribution in [0.2, 0.25) is 0 Å². The molecular formula is C12H19N3O. The van der Waals surface area contributed by atoms with E-state index in [2.05, 4.69) is 5.10 Å². The van der Waals surface area contributed by atoms with Gasteiger partial charge in [0.15, 0.2) is 11.5 Å². The Hall–Kier alpha value is -1.63. The van der Waals surface area contributed by atoms with Gasteiger partial charge in [-0.1, -0.05) is 27.7 Å². The molecule has 0 aromatic carbocycles. The van der Waals surface area contributed by atoms with Crippen LogP contribution in [0.4, 0.5) is 0 Å². The van der Waals surface area contributed by atoms with E-state index in [0.29, 0.717) is 5.69 Å². The molecule has 4 heteroatoms. The van der Waals surface area contributed by atoms with E-state index in [9.17, 15) is 4.79 Å². The average molecular weight is 221 g/mol. The van der Waals surface area contributed by atoms with Crippen molar-refractivity contribution >= 4 is 5.78 Å². The zero-order valence-electron chi connectivity index (χ0n) is 10.6. The summed E-state index contributed by atoms with van der Waals surface area (Å²) >= 11 is 0. The summed E-state index contributed by atoms with van der Waals surface area (Å²) in [5.41, 5.74) is 0.344. The molecule has 0 N–H and O–H groups in total. The summed E-state index contributed by atoms with van der Waals surface area (Å²) in [6.45, 7) is 9.46. The molecule has 0 saturated heterocycles. The van der Waals surface area contributed by atoms with Gasteiger partial charge in [-0.3, -0.25) is 9.48 Å². The maximum Gasteiger partial charge on any atom is 0.162 e. The highest BCUT2D eigenvalue weighted by molar-refractivity contribution is 5.80. The van der Waals surface area contributed by atoms with Gasteiger partial charge in [-0.2, -0.15) is 10.4 Å². The lowest BCUT2D eigenvalue weighted by Crippen LogP contribution is -2.22. The van der Waals surface area contributed by atoms with Crippen molar-refractivity contribution in [2.45, 2.75) is 40.7 Å². The predicted octanol–water partition coefficient (Wildman–Crippen LogP) is 2.57. The van der Waals surface area contributed by atoms with Crippen LogP contribution in [0, 0.1) is 17.2 Å². The maximum atomic E-state index is 11.3.